The summed E-state index contributed by atoms with van der Waals surface area (Å²) in [5.74, 6) is 0.583. The molecule has 100 valence electrons. The molecular weight excluding hydrogens is 268 g/mol. The Morgan fingerprint density at radius 3 is 2.37 bits per heavy atom. The maximum atomic E-state index is 10.5. The molecule has 0 bridgehead atoms. The van der Waals surface area contributed by atoms with Gasteiger partial charge in [-0.15, -0.1) is 12.4 Å². The van der Waals surface area contributed by atoms with Crippen LogP contribution in [0, 0.1) is 10.1 Å². The Morgan fingerprint density at radius 1 is 1.16 bits per heavy atom. The number of benzene rings is 1. The van der Waals surface area contributed by atoms with E-state index in [4.69, 9.17) is 0 Å². The Bertz CT molecular complexity index is 519. The highest BCUT2D eigenvalue weighted by atomic mass is 35.5. The molecular formula is C12H13ClN4O2. The topological polar surface area (TPSA) is 81.0 Å². The summed E-state index contributed by atoms with van der Waals surface area (Å²) in [5.41, 5.74) is 1.14. The largest absolute Gasteiger partial charge is 0.354 e. The van der Waals surface area contributed by atoms with Crippen molar-refractivity contribution in [2.75, 3.05) is 11.9 Å². The predicted octanol–water partition coefficient (Wildman–Crippen LogP) is 2.46. The first-order valence-corrected chi connectivity index (χ1v) is 5.50. The molecule has 0 saturated carbocycles. The Labute approximate surface area is 116 Å². The van der Waals surface area contributed by atoms with Gasteiger partial charge in [-0.25, -0.2) is 9.97 Å². The normalized spacial score (nSPS) is 9.47. The summed E-state index contributed by atoms with van der Waals surface area (Å²) in [7, 11) is 0. The van der Waals surface area contributed by atoms with Gasteiger partial charge in [0.15, 0.2) is 0 Å². The van der Waals surface area contributed by atoms with Gasteiger partial charge in [-0.1, -0.05) is 12.1 Å². The molecule has 0 aliphatic heterocycles. The second kappa shape index (κ2) is 7.27. The van der Waals surface area contributed by atoms with Crippen LogP contribution in [0.15, 0.2) is 42.7 Å². The van der Waals surface area contributed by atoms with Gasteiger partial charge in [0.2, 0.25) is 5.95 Å². The molecule has 0 spiro atoms. The van der Waals surface area contributed by atoms with Crippen LogP contribution in [0.4, 0.5) is 11.6 Å². The first kappa shape index (κ1) is 14.8. The van der Waals surface area contributed by atoms with Crippen LogP contribution in [0.1, 0.15) is 5.56 Å². The minimum Gasteiger partial charge on any atom is -0.354 e. The van der Waals surface area contributed by atoms with Crippen molar-refractivity contribution in [3.05, 3.63) is 58.4 Å². The van der Waals surface area contributed by atoms with Crippen LogP contribution in [0.5, 0.6) is 0 Å². The Morgan fingerprint density at radius 2 is 1.79 bits per heavy atom. The SMILES string of the molecule is Cl.O=[N+]([O-])c1ccc(CCNc2ncccn2)cc1. The lowest BCUT2D eigenvalue weighted by Crippen LogP contribution is -2.07. The molecule has 1 aromatic carbocycles. The summed E-state index contributed by atoms with van der Waals surface area (Å²) in [6.07, 6.45) is 4.10. The number of halogens is 1. The number of nitrogens with zero attached hydrogens (tertiary/aromatic N) is 3. The summed E-state index contributed by atoms with van der Waals surface area (Å²) < 4.78 is 0. The van der Waals surface area contributed by atoms with Crippen molar-refractivity contribution in [2.45, 2.75) is 6.42 Å². The molecule has 0 atom stereocenters. The second-order valence-electron chi connectivity index (χ2n) is 3.67. The number of hydrogen-bond acceptors (Lipinski definition) is 5. The van der Waals surface area contributed by atoms with Crippen LogP contribution in [-0.4, -0.2) is 21.4 Å². The highest BCUT2D eigenvalue weighted by Crippen LogP contribution is 2.12. The van der Waals surface area contributed by atoms with Gasteiger partial charge in [-0.2, -0.15) is 0 Å². The van der Waals surface area contributed by atoms with Crippen molar-refractivity contribution >= 4 is 24.0 Å². The van der Waals surface area contributed by atoms with Crippen LogP contribution < -0.4 is 5.32 Å². The molecule has 1 N–H and O–H groups in total. The molecule has 0 aliphatic rings. The van der Waals surface area contributed by atoms with Crippen molar-refractivity contribution in [1.82, 2.24) is 9.97 Å². The average Bonchev–Trinajstić information content (AvgIpc) is 2.40. The van der Waals surface area contributed by atoms with Gasteiger partial charge in [0.25, 0.3) is 5.69 Å². The molecule has 2 aromatic rings. The maximum Gasteiger partial charge on any atom is 0.269 e. The maximum absolute atomic E-state index is 10.5. The molecule has 1 heterocycles. The molecule has 1 aromatic heterocycles. The summed E-state index contributed by atoms with van der Waals surface area (Å²) in [5, 5.41) is 13.6. The van der Waals surface area contributed by atoms with Crippen molar-refractivity contribution in [3.63, 3.8) is 0 Å². The summed E-state index contributed by atoms with van der Waals surface area (Å²) in [6.45, 7) is 0.682. The third-order valence-electron chi connectivity index (χ3n) is 2.41. The molecule has 0 amide bonds. The van der Waals surface area contributed by atoms with Crippen LogP contribution in [0.2, 0.25) is 0 Å². The number of nitro benzene ring substituents is 1. The van der Waals surface area contributed by atoms with Gasteiger partial charge >= 0.3 is 0 Å². The summed E-state index contributed by atoms with van der Waals surface area (Å²) in [6, 6.07) is 8.28. The minimum atomic E-state index is -0.403. The zero-order valence-electron chi connectivity index (χ0n) is 10.0. The van der Waals surface area contributed by atoms with Gasteiger partial charge in [-0.05, 0) is 18.1 Å². The number of aromatic nitrogens is 2. The van der Waals surface area contributed by atoms with Gasteiger partial charge in [-0.3, -0.25) is 10.1 Å². The van der Waals surface area contributed by atoms with Gasteiger partial charge in [0, 0.05) is 31.1 Å². The first-order valence-electron chi connectivity index (χ1n) is 5.50. The lowest BCUT2D eigenvalue weighted by molar-refractivity contribution is -0.384. The van der Waals surface area contributed by atoms with Crippen molar-refractivity contribution in [3.8, 4) is 0 Å². The Kier molecular flexibility index (Phi) is 5.69. The van der Waals surface area contributed by atoms with E-state index >= 15 is 0 Å². The van der Waals surface area contributed by atoms with Crippen molar-refractivity contribution in [1.29, 1.82) is 0 Å². The van der Waals surface area contributed by atoms with Gasteiger partial charge in [0.1, 0.15) is 0 Å². The van der Waals surface area contributed by atoms with E-state index in [9.17, 15) is 10.1 Å². The van der Waals surface area contributed by atoms with E-state index < -0.39 is 4.92 Å². The van der Waals surface area contributed by atoms with Gasteiger partial charge in [0.05, 0.1) is 4.92 Å². The Balaban J connectivity index is 0.00000180. The molecule has 0 fully saturated rings. The van der Waals surface area contributed by atoms with Crippen LogP contribution >= 0.6 is 12.4 Å². The van der Waals surface area contributed by atoms with E-state index in [1.54, 1.807) is 30.6 Å². The van der Waals surface area contributed by atoms with E-state index in [1.807, 2.05) is 0 Å². The molecule has 0 unspecified atom stereocenters. The fraction of sp³-hybridized carbons (Fsp3) is 0.167. The molecule has 0 radical (unpaired) electrons. The number of nitro groups is 1. The van der Waals surface area contributed by atoms with E-state index in [2.05, 4.69) is 15.3 Å². The lowest BCUT2D eigenvalue weighted by Gasteiger charge is -2.03. The highest BCUT2D eigenvalue weighted by Gasteiger charge is 2.03. The smallest absolute Gasteiger partial charge is 0.269 e. The second-order valence-corrected chi connectivity index (χ2v) is 3.67. The number of hydrogen-bond donors (Lipinski definition) is 1. The lowest BCUT2D eigenvalue weighted by atomic mass is 10.1. The number of nitrogens with one attached hydrogen (secondary N) is 1. The number of rotatable bonds is 5. The minimum absolute atomic E-state index is 0. The molecule has 6 nitrogen and oxygen atoms in total. The van der Waals surface area contributed by atoms with E-state index in [0.29, 0.717) is 12.5 Å². The quantitative estimate of drug-likeness (QED) is 0.672. The molecule has 0 aliphatic carbocycles. The zero-order chi connectivity index (χ0) is 12.8. The van der Waals surface area contributed by atoms with Crippen LogP contribution in [0.3, 0.4) is 0 Å². The summed E-state index contributed by atoms with van der Waals surface area (Å²) in [4.78, 5) is 18.2. The molecule has 19 heavy (non-hydrogen) atoms. The molecule has 7 heteroatoms. The monoisotopic (exact) mass is 280 g/mol. The van der Waals surface area contributed by atoms with Crippen molar-refractivity contribution < 1.29 is 4.92 Å². The molecule has 2 rings (SSSR count). The van der Waals surface area contributed by atoms with Crippen LogP contribution in [-0.2, 0) is 6.42 Å². The third kappa shape index (κ3) is 4.51. The summed E-state index contributed by atoms with van der Waals surface area (Å²) >= 11 is 0. The first-order chi connectivity index (χ1) is 8.75. The fourth-order valence-corrected chi connectivity index (χ4v) is 1.49. The van der Waals surface area contributed by atoms with E-state index in [1.165, 1.54) is 12.1 Å². The van der Waals surface area contributed by atoms with E-state index in [-0.39, 0.29) is 18.1 Å². The number of non-ortho nitro benzene ring substituents is 1. The predicted molar refractivity (Wildman–Crippen MR) is 74.6 cm³/mol. The van der Waals surface area contributed by atoms with E-state index in [0.717, 1.165) is 12.0 Å². The van der Waals surface area contributed by atoms with Gasteiger partial charge < -0.3 is 5.32 Å². The standard InChI is InChI=1S/C12H12N4O2.ClH/c17-16(18)11-4-2-10(3-5-11)6-9-15-12-13-7-1-8-14-12;/h1-5,7-8H,6,9H2,(H,13,14,15);1H. The molecule has 0 saturated heterocycles. The third-order valence-corrected chi connectivity index (χ3v) is 2.41. The number of anilines is 1. The zero-order valence-corrected chi connectivity index (χ0v) is 10.8. The average molecular weight is 281 g/mol. The highest BCUT2D eigenvalue weighted by molar-refractivity contribution is 5.85. The van der Waals surface area contributed by atoms with Crippen molar-refractivity contribution in [2.24, 2.45) is 0 Å². The Hall–Kier alpha value is -2.21. The fourth-order valence-electron chi connectivity index (χ4n) is 1.49. The van der Waals surface area contributed by atoms with Crippen LogP contribution in [0.25, 0.3) is 0 Å².